The van der Waals surface area contributed by atoms with Crippen LogP contribution in [0.1, 0.15) is 18.9 Å². The van der Waals surface area contributed by atoms with Crippen molar-refractivity contribution in [2.75, 3.05) is 5.73 Å². The van der Waals surface area contributed by atoms with Gasteiger partial charge in [0, 0.05) is 16.6 Å². The summed E-state index contributed by atoms with van der Waals surface area (Å²) < 4.78 is 2.21. The van der Waals surface area contributed by atoms with E-state index in [4.69, 9.17) is 22.3 Å². The van der Waals surface area contributed by atoms with Gasteiger partial charge < -0.3 is 15.4 Å². The minimum Gasteiger partial charge on any atom is -0.506 e. The zero-order valence-corrected chi connectivity index (χ0v) is 12.0. The predicted molar refractivity (Wildman–Crippen MR) is 84.5 cm³/mol. The molecule has 1 saturated carbocycles. The quantitative estimate of drug-likeness (QED) is 0.556. The van der Waals surface area contributed by atoms with Crippen LogP contribution >= 0.6 is 11.6 Å². The third-order valence-corrected chi connectivity index (χ3v) is 4.09. The number of hydrogen-bond donors (Lipinski definition) is 2. The molecule has 21 heavy (non-hydrogen) atoms. The van der Waals surface area contributed by atoms with Gasteiger partial charge in [-0.05, 0) is 49.2 Å². The Morgan fingerprint density at radius 2 is 2.00 bits per heavy atom. The van der Waals surface area contributed by atoms with Crippen molar-refractivity contribution in [2.45, 2.75) is 18.9 Å². The molecule has 4 nitrogen and oxygen atoms in total. The summed E-state index contributed by atoms with van der Waals surface area (Å²) >= 11 is 6.12. The minimum absolute atomic E-state index is 0.0833. The van der Waals surface area contributed by atoms with Crippen LogP contribution in [0.2, 0.25) is 5.02 Å². The number of hydrogen-bond acceptors (Lipinski definition) is 3. The molecule has 2 aromatic carbocycles. The summed E-state index contributed by atoms with van der Waals surface area (Å²) in [4.78, 5) is 4.71. The number of benzene rings is 2. The Bertz CT molecular complexity index is 852. The Balaban J connectivity index is 1.99. The molecule has 0 spiro atoms. The molecule has 0 radical (unpaired) electrons. The molecule has 3 aromatic rings. The van der Waals surface area contributed by atoms with Gasteiger partial charge in [0.15, 0.2) is 0 Å². The number of aromatic hydroxyl groups is 1. The molecule has 1 fully saturated rings. The van der Waals surface area contributed by atoms with Crippen molar-refractivity contribution in [3.63, 3.8) is 0 Å². The molecule has 3 N–H and O–H groups in total. The maximum atomic E-state index is 9.84. The van der Waals surface area contributed by atoms with Crippen LogP contribution in [0.4, 0.5) is 5.69 Å². The minimum atomic E-state index is 0.0833. The molecule has 1 heterocycles. The summed E-state index contributed by atoms with van der Waals surface area (Å²) in [6.45, 7) is 0. The highest BCUT2D eigenvalue weighted by atomic mass is 35.5. The fourth-order valence-corrected chi connectivity index (χ4v) is 2.82. The number of phenolic OH excluding ortho intramolecular Hbond substituents is 1. The summed E-state index contributed by atoms with van der Waals surface area (Å²) in [5.74, 6) is 0.935. The molecular formula is C16H14ClN3O. The van der Waals surface area contributed by atoms with Crippen LogP contribution in [0.15, 0.2) is 36.4 Å². The van der Waals surface area contributed by atoms with Crippen molar-refractivity contribution in [1.29, 1.82) is 0 Å². The molecule has 4 rings (SSSR count). The van der Waals surface area contributed by atoms with Crippen LogP contribution in [0.25, 0.3) is 22.4 Å². The lowest BCUT2D eigenvalue weighted by Crippen LogP contribution is -1.97. The fourth-order valence-electron chi connectivity index (χ4n) is 2.65. The van der Waals surface area contributed by atoms with Crippen molar-refractivity contribution in [3.8, 4) is 17.1 Å². The van der Waals surface area contributed by atoms with Crippen LogP contribution in [0, 0.1) is 0 Å². The van der Waals surface area contributed by atoms with Gasteiger partial charge in [-0.2, -0.15) is 0 Å². The molecule has 0 saturated heterocycles. The Labute approximate surface area is 126 Å². The van der Waals surface area contributed by atoms with Crippen LogP contribution in [-0.2, 0) is 0 Å². The number of halogens is 1. The van der Waals surface area contributed by atoms with Crippen molar-refractivity contribution in [2.24, 2.45) is 0 Å². The molecule has 0 amide bonds. The van der Waals surface area contributed by atoms with Gasteiger partial charge in [0.2, 0.25) is 0 Å². The summed E-state index contributed by atoms with van der Waals surface area (Å²) in [6, 6.07) is 11.4. The summed E-state index contributed by atoms with van der Waals surface area (Å²) in [6.07, 6.45) is 2.29. The number of imidazole rings is 1. The molecule has 106 valence electrons. The number of fused-ring (bicyclic) bond motifs is 1. The SMILES string of the molecule is Nc1ccc(-c2nc3ccc(Cl)cc3n2C2CC2)cc1O. The Morgan fingerprint density at radius 3 is 2.71 bits per heavy atom. The highest BCUT2D eigenvalue weighted by Gasteiger charge is 2.28. The van der Waals surface area contributed by atoms with Gasteiger partial charge in [-0.15, -0.1) is 0 Å². The second-order valence-corrected chi connectivity index (χ2v) is 5.88. The Morgan fingerprint density at radius 1 is 1.19 bits per heavy atom. The maximum Gasteiger partial charge on any atom is 0.141 e. The first kappa shape index (κ1) is 12.5. The van der Waals surface area contributed by atoms with Crippen LogP contribution in [0.3, 0.4) is 0 Å². The van der Waals surface area contributed by atoms with E-state index in [1.807, 2.05) is 24.3 Å². The predicted octanol–water partition coefficient (Wildman–Crippen LogP) is 3.98. The average Bonchev–Trinajstić information content (AvgIpc) is 3.23. The molecule has 0 aliphatic heterocycles. The van der Waals surface area contributed by atoms with Gasteiger partial charge in [-0.25, -0.2) is 4.98 Å². The van der Waals surface area contributed by atoms with E-state index >= 15 is 0 Å². The number of anilines is 1. The summed E-state index contributed by atoms with van der Waals surface area (Å²) in [5.41, 5.74) is 8.86. The van der Waals surface area contributed by atoms with Crippen molar-refractivity contribution >= 4 is 28.3 Å². The average molecular weight is 300 g/mol. The van der Waals surface area contributed by atoms with Crippen molar-refractivity contribution < 1.29 is 5.11 Å². The number of nitrogens with two attached hydrogens (primary N) is 1. The lowest BCUT2D eigenvalue weighted by molar-refractivity contribution is 0.478. The largest absolute Gasteiger partial charge is 0.506 e. The Hall–Kier alpha value is -2.20. The lowest BCUT2D eigenvalue weighted by Gasteiger charge is -2.09. The van der Waals surface area contributed by atoms with Gasteiger partial charge in [0.25, 0.3) is 0 Å². The Kier molecular flexibility index (Phi) is 2.62. The summed E-state index contributed by atoms with van der Waals surface area (Å²) in [5, 5.41) is 10.5. The second-order valence-electron chi connectivity index (χ2n) is 5.44. The summed E-state index contributed by atoms with van der Waals surface area (Å²) in [7, 11) is 0. The third-order valence-electron chi connectivity index (χ3n) is 3.85. The number of nitrogens with zero attached hydrogens (tertiary/aromatic N) is 2. The smallest absolute Gasteiger partial charge is 0.141 e. The number of nitrogen functional groups attached to an aromatic ring is 1. The van der Waals surface area contributed by atoms with E-state index in [9.17, 15) is 5.11 Å². The lowest BCUT2D eigenvalue weighted by atomic mass is 10.2. The molecule has 0 bridgehead atoms. The van der Waals surface area contributed by atoms with Gasteiger partial charge in [0.05, 0.1) is 16.7 Å². The second kappa shape index (κ2) is 4.40. The van der Waals surface area contributed by atoms with Crippen LogP contribution in [0.5, 0.6) is 5.75 Å². The van der Waals surface area contributed by atoms with E-state index in [1.165, 1.54) is 0 Å². The van der Waals surface area contributed by atoms with E-state index in [0.717, 1.165) is 35.3 Å². The first-order valence-corrected chi connectivity index (χ1v) is 7.27. The van der Waals surface area contributed by atoms with E-state index in [-0.39, 0.29) is 5.75 Å². The van der Waals surface area contributed by atoms with Gasteiger partial charge >= 0.3 is 0 Å². The number of rotatable bonds is 2. The topological polar surface area (TPSA) is 64.1 Å². The van der Waals surface area contributed by atoms with Crippen LogP contribution in [-0.4, -0.2) is 14.7 Å². The monoisotopic (exact) mass is 299 g/mol. The highest BCUT2D eigenvalue weighted by molar-refractivity contribution is 6.31. The van der Waals surface area contributed by atoms with Crippen molar-refractivity contribution in [1.82, 2.24) is 9.55 Å². The third kappa shape index (κ3) is 2.03. The number of aromatic nitrogens is 2. The molecular weight excluding hydrogens is 286 g/mol. The van der Waals surface area contributed by atoms with Gasteiger partial charge in [0.1, 0.15) is 11.6 Å². The van der Waals surface area contributed by atoms with Crippen LogP contribution < -0.4 is 5.73 Å². The zero-order valence-electron chi connectivity index (χ0n) is 11.3. The molecule has 0 atom stereocenters. The maximum absolute atomic E-state index is 9.84. The van der Waals surface area contributed by atoms with Gasteiger partial charge in [-0.3, -0.25) is 0 Å². The molecule has 1 aliphatic carbocycles. The van der Waals surface area contributed by atoms with E-state index in [1.54, 1.807) is 12.1 Å². The first-order chi connectivity index (χ1) is 10.1. The van der Waals surface area contributed by atoms with E-state index in [2.05, 4.69) is 4.57 Å². The fraction of sp³-hybridized carbons (Fsp3) is 0.188. The standard InChI is InChI=1S/C16H14ClN3O/c17-10-2-6-13-14(8-10)20(11-3-4-11)16(19-13)9-1-5-12(18)15(21)7-9/h1-2,5-8,11,21H,3-4,18H2. The molecule has 0 unspecified atom stereocenters. The van der Waals surface area contributed by atoms with Crippen molar-refractivity contribution in [3.05, 3.63) is 41.4 Å². The number of phenols is 1. The van der Waals surface area contributed by atoms with E-state index < -0.39 is 0 Å². The molecule has 5 heteroatoms. The van der Waals surface area contributed by atoms with E-state index in [0.29, 0.717) is 16.8 Å². The molecule has 1 aliphatic rings. The highest BCUT2D eigenvalue weighted by Crippen LogP contribution is 2.42. The zero-order chi connectivity index (χ0) is 14.6. The van der Waals surface area contributed by atoms with Gasteiger partial charge in [-0.1, -0.05) is 11.6 Å². The first-order valence-electron chi connectivity index (χ1n) is 6.90. The molecule has 1 aromatic heterocycles. The normalized spacial score (nSPS) is 14.7.